The van der Waals surface area contributed by atoms with Crippen LogP contribution in [0.1, 0.15) is 13.8 Å². The maximum atomic E-state index is 12.3. The molecule has 7 heteroatoms. The number of fused-ring (bicyclic) bond motifs is 3. The average Bonchev–Trinajstić information content (AvgIpc) is 3.01. The van der Waals surface area contributed by atoms with E-state index in [1.165, 1.54) is 0 Å². The van der Waals surface area contributed by atoms with Gasteiger partial charge in [0.1, 0.15) is 24.0 Å². The summed E-state index contributed by atoms with van der Waals surface area (Å²) >= 11 is 1.69. The summed E-state index contributed by atoms with van der Waals surface area (Å²) in [4.78, 5) is 15.4. The number of aromatic nitrogens is 2. The molecule has 140 valence electrons. The van der Waals surface area contributed by atoms with Crippen molar-refractivity contribution in [3.8, 4) is 5.75 Å². The number of aryl methyl sites for hydroxylation is 1. The molecule has 0 aliphatic heterocycles. The minimum absolute atomic E-state index is 0.0758. The van der Waals surface area contributed by atoms with E-state index in [1.54, 1.807) is 29.6 Å². The molecule has 0 aliphatic rings. The Labute approximate surface area is 156 Å². The summed E-state index contributed by atoms with van der Waals surface area (Å²) < 4.78 is 7.43. The molecular weight excluding hydrogens is 350 g/mol. The fourth-order valence-electron chi connectivity index (χ4n) is 2.81. The van der Waals surface area contributed by atoms with Crippen LogP contribution in [0, 0.1) is 0 Å². The predicted molar refractivity (Wildman–Crippen MR) is 108 cm³/mol. The van der Waals surface area contributed by atoms with Crippen molar-refractivity contribution in [2.75, 3.05) is 19.4 Å². The Morgan fingerprint density at radius 2 is 2.15 bits per heavy atom. The Bertz CT molecular complexity index is 977. The van der Waals surface area contributed by atoms with E-state index >= 15 is 0 Å². The molecule has 1 aromatic carbocycles. The van der Waals surface area contributed by atoms with Crippen molar-refractivity contribution in [3.05, 3.63) is 40.8 Å². The van der Waals surface area contributed by atoms with Gasteiger partial charge in [0.25, 0.3) is 5.56 Å². The zero-order valence-electron chi connectivity index (χ0n) is 15.5. The molecule has 2 heterocycles. The van der Waals surface area contributed by atoms with E-state index in [1.807, 2.05) is 30.5 Å². The zero-order chi connectivity index (χ0) is 18.9. The highest BCUT2D eigenvalue weighted by Gasteiger charge is 2.18. The summed E-state index contributed by atoms with van der Waals surface area (Å²) in [5.41, 5.74) is 1.33. The molecular formula is C19H25N3O3S. The highest BCUT2D eigenvalue weighted by Crippen LogP contribution is 2.31. The number of rotatable bonds is 7. The van der Waals surface area contributed by atoms with E-state index in [2.05, 4.69) is 24.1 Å². The Morgan fingerprint density at radius 3 is 2.88 bits per heavy atom. The van der Waals surface area contributed by atoms with E-state index in [4.69, 9.17) is 4.74 Å². The number of thioether (sulfide) groups is 1. The summed E-state index contributed by atoms with van der Waals surface area (Å²) in [6, 6.07) is 7.56. The van der Waals surface area contributed by atoms with Crippen molar-refractivity contribution in [2.24, 2.45) is 7.05 Å². The molecule has 1 unspecified atom stereocenters. The van der Waals surface area contributed by atoms with Crippen LogP contribution in [0.25, 0.3) is 21.8 Å². The van der Waals surface area contributed by atoms with Gasteiger partial charge < -0.3 is 24.7 Å². The number of benzene rings is 1. The molecule has 0 saturated heterocycles. The fraction of sp³-hybridized carbons (Fsp3) is 0.421. The van der Waals surface area contributed by atoms with Crippen LogP contribution in [0.2, 0.25) is 0 Å². The molecule has 3 rings (SSSR count). The second kappa shape index (κ2) is 7.34. The van der Waals surface area contributed by atoms with E-state index in [0.717, 1.165) is 16.3 Å². The van der Waals surface area contributed by atoms with E-state index in [-0.39, 0.29) is 17.0 Å². The van der Waals surface area contributed by atoms with Crippen LogP contribution in [-0.2, 0) is 7.05 Å². The Morgan fingerprint density at radius 1 is 1.38 bits per heavy atom. The van der Waals surface area contributed by atoms with Gasteiger partial charge >= 0.3 is 0 Å². The number of hydrogen-bond acceptors (Lipinski definition) is 5. The van der Waals surface area contributed by atoms with Crippen molar-refractivity contribution >= 4 is 33.6 Å². The van der Waals surface area contributed by atoms with Crippen molar-refractivity contribution in [1.29, 1.82) is 0 Å². The van der Waals surface area contributed by atoms with Crippen molar-refractivity contribution in [3.63, 3.8) is 0 Å². The van der Waals surface area contributed by atoms with Gasteiger partial charge in [-0.2, -0.15) is 0 Å². The van der Waals surface area contributed by atoms with Gasteiger partial charge in [-0.05, 0) is 38.3 Å². The van der Waals surface area contributed by atoms with Crippen LogP contribution < -0.4 is 15.6 Å². The minimum Gasteiger partial charge on any atom is -0.490 e. The Hall–Kier alpha value is -1.96. The first-order valence-corrected chi connectivity index (χ1v) is 9.76. The molecule has 0 bridgehead atoms. The molecule has 26 heavy (non-hydrogen) atoms. The largest absolute Gasteiger partial charge is 0.490 e. The van der Waals surface area contributed by atoms with Crippen LogP contribution in [0.15, 0.2) is 35.3 Å². The zero-order valence-corrected chi connectivity index (χ0v) is 16.3. The lowest BCUT2D eigenvalue weighted by atomic mass is 10.1. The van der Waals surface area contributed by atoms with E-state index in [0.29, 0.717) is 17.8 Å². The lowest BCUT2D eigenvalue weighted by Crippen LogP contribution is -2.42. The number of pyridine rings is 1. The van der Waals surface area contributed by atoms with Crippen LogP contribution >= 0.6 is 11.8 Å². The summed E-state index contributed by atoms with van der Waals surface area (Å²) in [6.45, 7) is 4.75. The maximum absolute atomic E-state index is 12.3. The summed E-state index contributed by atoms with van der Waals surface area (Å²) in [5.74, 6) is 0.658. The maximum Gasteiger partial charge on any atom is 0.274 e. The molecule has 6 nitrogen and oxygen atoms in total. The van der Waals surface area contributed by atoms with E-state index < -0.39 is 6.10 Å². The second-order valence-electron chi connectivity index (χ2n) is 6.88. The van der Waals surface area contributed by atoms with Crippen LogP contribution in [0.5, 0.6) is 5.75 Å². The smallest absolute Gasteiger partial charge is 0.274 e. The summed E-state index contributed by atoms with van der Waals surface area (Å²) in [6.07, 6.45) is 3.14. The molecule has 2 aromatic heterocycles. The molecule has 1 atom stereocenters. The number of nitrogens with zero attached hydrogens (tertiary/aromatic N) is 1. The topological polar surface area (TPSA) is 79.3 Å². The van der Waals surface area contributed by atoms with Crippen molar-refractivity contribution in [1.82, 2.24) is 14.9 Å². The van der Waals surface area contributed by atoms with Gasteiger partial charge in [-0.15, -0.1) is 11.8 Å². The standard InChI is InChI=1S/C19H25N3O3S/c1-19(2,26-4)20-10-12(23)11-25-15-7-5-6-14-16(15)13-8-9-22(3)18(24)17(13)21-14/h5-9,12,20-21,23H,10-11H2,1-4H3. The van der Waals surface area contributed by atoms with Gasteiger partial charge in [-0.3, -0.25) is 4.79 Å². The van der Waals surface area contributed by atoms with Gasteiger partial charge in [0.15, 0.2) is 0 Å². The molecule has 0 saturated carbocycles. The first-order valence-electron chi connectivity index (χ1n) is 8.53. The third kappa shape index (κ3) is 3.75. The van der Waals surface area contributed by atoms with Crippen molar-refractivity contribution in [2.45, 2.75) is 24.8 Å². The minimum atomic E-state index is -0.630. The third-order valence-corrected chi connectivity index (χ3v) is 5.69. The summed E-state index contributed by atoms with van der Waals surface area (Å²) in [7, 11) is 1.73. The van der Waals surface area contributed by atoms with Crippen LogP contribution in [0.3, 0.4) is 0 Å². The third-order valence-electron chi connectivity index (χ3n) is 4.53. The lowest BCUT2D eigenvalue weighted by molar-refractivity contribution is 0.104. The molecule has 0 aliphatic carbocycles. The van der Waals surface area contributed by atoms with Gasteiger partial charge in [-0.1, -0.05) is 6.07 Å². The van der Waals surface area contributed by atoms with Crippen LogP contribution in [-0.4, -0.2) is 45.0 Å². The first-order chi connectivity index (χ1) is 12.3. The van der Waals surface area contributed by atoms with Gasteiger partial charge in [0, 0.05) is 30.6 Å². The van der Waals surface area contributed by atoms with Gasteiger partial charge in [0.2, 0.25) is 0 Å². The highest BCUT2D eigenvalue weighted by molar-refractivity contribution is 7.99. The number of aliphatic hydroxyl groups is 1. The Balaban J connectivity index is 1.82. The van der Waals surface area contributed by atoms with E-state index in [9.17, 15) is 9.90 Å². The molecule has 3 N–H and O–H groups in total. The van der Waals surface area contributed by atoms with Crippen LogP contribution in [0.4, 0.5) is 0 Å². The quantitative estimate of drug-likeness (QED) is 0.553. The number of aliphatic hydroxyl groups excluding tert-OH is 1. The molecule has 0 spiro atoms. The first kappa shape index (κ1) is 18.8. The number of ether oxygens (including phenoxy) is 1. The molecule has 0 fully saturated rings. The number of nitrogens with one attached hydrogen (secondary N) is 2. The SMILES string of the molecule is CSC(C)(C)NCC(O)COc1cccc2[nH]c3c(=O)n(C)ccc3c12. The number of aromatic amines is 1. The summed E-state index contributed by atoms with van der Waals surface area (Å²) in [5, 5.41) is 15.2. The molecule has 0 radical (unpaired) electrons. The molecule has 0 amide bonds. The van der Waals surface area contributed by atoms with Gasteiger partial charge in [0.05, 0.1) is 10.4 Å². The van der Waals surface area contributed by atoms with Crippen molar-refractivity contribution < 1.29 is 9.84 Å². The number of H-pyrrole nitrogens is 1. The highest BCUT2D eigenvalue weighted by atomic mass is 32.2. The monoisotopic (exact) mass is 375 g/mol. The lowest BCUT2D eigenvalue weighted by Gasteiger charge is -2.25. The normalized spacial score (nSPS) is 13.4. The Kier molecular flexibility index (Phi) is 5.32. The molecule has 3 aromatic rings. The van der Waals surface area contributed by atoms with Gasteiger partial charge in [-0.25, -0.2) is 0 Å². The predicted octanol–water partition coefficient (Wildman–Crippen LogP) is 2.45. The number of hydrogen-bond donors (Lipinski definition) is 3. The average molecular weight is 375 g/mol. The fourth-order valence-corrected chi connectivity index (χ4v) is 3.03. The second-order valence-corrected chi connectivity index (χ2v) is 8.31.